The van der Waals surface area contributed by atoms with Crippen LogP contribution >= 0.6 is 0 Å². The van der Waals surface area contributed by atoms with Gasteiger partial charge in [0.1, 0.15) is 0 Å². The van der Waals surface area contributed by atoms with Crippen molar-refractivity contribution in [1.29, 1.82) is 0 Å². The van der Waals surface area contributed by atoms with Crippen molar-refractivity contribution in [1.82, 2.24) is 0 Å². The lowest BCUT2D eigenvalue weighted by atomic mass is 9.48. The average Bonchev–Trinajstić information content (AvgIpc) is 2.51. The summed E-state index contributed by atoms with van der Waals surface area (Å²) in [7, 11) is -3.65. The van der Waals surface area contributed by atoms with Crippen LogP contribution in [0, 0.1) is 23.2 Å². The standard InChI is InChI=1S/C18H25N3O2S/c1-12(18-9-13-6-14(10-18)8-15(7-13)11-18)20-21-16-2-4-17(5-3-16)24(19,22)23/h2-5,13-15,21H,6-11H2,1H3,(H2,19,22,23)/b20-12+. The molecule has 0 heterocycles. The Morgan fingerprint density at radius 2 is 1.58 bits per heavy atom. The van der Waals surface area contributed by atoms with E-state index in [0.717, 1.165) is 23.4 Å². The summed E-state index contributed by atoms with van der Waals surface area (Å²) in [5.74, 6) is 2.70. The van der Waals surface area contributed by atoms with E-state index in [1.54, 1.807) is 12.1 Å². The lowest BCUT2D eigenvalue weighted by Crippen LogP contribution is -2.49. The van der Waals surface area contributed by atoms with Crippen molar-refractivity contribution in [3.63, 3.8) is 0 Å². The van der Waals surface area contributed by atoms with Crippen LogP contribution in [0.15, 0.2) is 34.3 Å². The van der Waals surface area contributed by atoms with E-state index < -0.39 is 10.0 Å². The Labute approximate surface area is 143 Å². The van der Waals surface area contributed by atoms with Crippen molar-refractivity contribution in [2.75, 3.05) is 5.43 Å². The molecule has 0 saturated heterocycles. The largest absolute Gasteiger partial charge is 0.279 e. The van der Waals surface area contributed by atoms with Crippen LogP contribution < -0.4 is 10.6 Å². The van der Waals surface area contributed by atoms with Crippen molar-refractivity contribution in [3.05, 3.63) is 24.3 Å². The molecule has 4 fully saturated rings. The Bertz CT molecular complexity index is 733. The lowest BCUT2D eigenvalue weighted by Gasteiger charge is -2.56. The number of nitrogens with two attached hydrogens (primary N) is 1. The van der Waals surface area contributed by atoms with Gasteiger partial charge >= 0.3 is 0 Å². The predicted octanol–water partition coefficient (Wildman–Crippen LogP) is 3.34. The van der Waals surface area contributed by atoms with E-state index in [2.05, 4.69) is 17.5 Å². The van der Waals surface area contributed by atoms with Gasteiger partial charge in [0.25, 0.3) is 0 Å². The molecule has 0 aliphatic heterocycles. The average molecular weight is 347 g/mol. The van der Waals surface area contributed by atoms with Crippen LogP contribution in [0.3, 0.4) is 0 Å². The summed E-state index contributed by atoms with van der Waals surface area (Å²) in [6.07, 6.45) is 8.15. The number of nitrogens with one attached hydrogen (secondary N) is 1. The van der Waals surface area contributed by atoms with Gasteiger partial charge < -0.3 is 0 Å². The highest BCUT2D eigenvalue weighted by Crippen LogP contribution is 2.60. The number of anilines is 1. The topological polar surface area (TPSA) is 84.5 Å². The van der Waals surface area contributed by atoms with Gasteiger partial charge in [0.05, 0.1) is 10.6 Å². The maximum Gasteiger partial charge on any atom is 0.238 e. The first-order valence-corrected chi connectivity index (χ1v) is 10.3. The summed E-state index contributed by atoms with van der Waals surface area (Å²) < 4.78 is 22.6. The fraction of sp³-hybridized carbons (Fsp3) is 0.611. The monoisotopic (exact) mass is 347 g/mol. The number of nitrogens with zero attached hydrogens (tertiary/aromatic N) is 1. The molecule has 0 aromatic heterocycles. The first-order valence-electron chi connectivity index (χ1n) is 8.78. The number of hydrazone groups is 1. The molecular formula is C18H25N3O2S. The van der Waals surface area contributed by atoms with Gasteiger partial charge in [0, 0.05) is 11.1 Å². The van der Waals surface area contributed by atoms with E-state index in [1.807, 2.05) is 0 Å². The smallest absolute Gasteiger partial charge is 0.238 e. The summed E-state index contributed by atoms with van der Waals surface area (Å²) in [4.78, 5) is 0.120. The molecule has 0 amide bonds. The third-order valence-corrected chi connectivity index (χ3v) is 7.27. The van der Waals surface area contributed by atoms with Crippen molar-refractivity contribution in [3.8, 4) is 0 Å². The Balaban J connectivity index is 1.50. The zero-order valence-corrected chi connectivity index (χ0v) is 14.8. The second kappa shape index (κ2) is 5.56. The summed E-state index contributed by atoms with van der Waals surface area (Å²) in [6.45, 7) is 2.15. The number of benzene rings is 1. The Morgan fingerprint density at radius 1 is 1.08 bits per heavy atom. The molecule has 24 heavy (non-hydrogen) atoms. The SMILES string of the molecule is C/C(=N\Nc1ccc(S(N)(=O)=O)cc1)C12CC3CC(CC(C3)C1)C2. The lowest BCUT2D eigenvalue weighted by molar-refractivity contribution is -0.0126. The van der Waals surface area contributed by atoms with Crippen LogP contribution in [0.5, 0.6) is 0 Å². The maximum atomic E-state index is 11.3. The second-order valence-corrected chi connectivity index (χ2v) is 9.64. The third-order valence-electron chi connectivity index (χ3n) is 6.34. The molecule has 1 aromatic rings. The maximum absolute atomic E-state index is 11.3. The molecule has 4 aliphatic carbocycles. The van der Waals surface area contributed by atoms with Gasteiger partial charge in [0.15, 0.2) is 0 Å². The highest BCUT2D eigenvalue weighted by atomic mass is 32.2. The molecule has 5 nitrogen and oxygen atoms in total. The van der Waals surface area contributed by atoms with Crippen molar-refractivity contribution < 1.29 is 8.42 Å². The molecule has 4 aliphatic rings. The molecule has 4 bridgehead atoms. The number of primary sulfonamides is 1. The van der Waals surface area contributed by atoms with E-state index in [4.69, 9.17) is 5.14 Å². The van der Waals surface area contributed by atoms with Gasteiger partial charge in [-0.1, -0.05) is 0 Å². The molecular weight excluding hydrogens is 322 g/mol. The minimum absolute atomic E-state index is 0.120. The Morgan fingerprint density at radius 3 is 2.04 bits per heavy atom. The zero-order chi connectivity index (χ0) is 16.9. The van der Waals surface area contributed by atoms with E-state index in [-0.39, 0.29) is 4.90 Å². The summed E-state index contributed by atoms with van der Waals surface area (Å²) in [5.41, 5.74) is 5.38. The molecule has 0 unspecified atom stereocenters. The molecule has 4 saturated carbocycles. The second-order valence-electron chi connectivity index (χ2n) is 8.08. The van der Waals surface area contributed by atoms with Crippen molar-refractivity contribution in [2.45, 2.75) is 50.3 Å². The molecule has 3 N–H and O–H groups in total. The minimum Gasteiger partial charge on any atom is -0.279 e. The van der Waals surface area contributed by atoms with Crippen LogP contribution in [0.2, 0.25) is 0 Å². The molecule has 6 heteroatoms. The van der Waals surface area contributed by atoms with Gasteiger partial charge in [0.2, 0.25) is 10.0 Å². The number of sulfonamides is 1. The zero-order valence-electron chi connectivity index (χ0n) is 14.0. The fourth-order valence-electron chi connectivity index (χ4n) is 5.54. The molecule has 1 aromatic carbocycles. The predicted molar refractivity (Wildman–Crippen MR) is 95.2 cm³/mol. The van der Waals surface area contributed by atoms with Crippen LogP contribution in [0.25, 0.3) is 0 Å². The van der Waals surface area contributed by atoms with Crippen LogP contribution in [-0.2, 0) is 10.0 Å². The van der Waals surface area contributed by atoms with Gasteiger partial charge in [-0.25, -0.2) is 13.6 Å². The van der Waals surface area contributed by atoms with Gasteiger partial charge in [-0.15, -0.1) is 0 Å². The summed E-state index contributed by atoms with van der Waals surface area (Å²) >= 11 is 0. The molecule has 0 radical (unpaired) electrons. The number of hydrogen-bond acceptors (Lipinski definition) is 4. The molecule has 0 spiro atoms. The van der Waals surface area contributed by atoms with E-state index >= 15 is 0 Å². The van der Waals surface area contributed by atoms with Crippen LogP contribution in [0.1, 0.15) is 45.4 Å². The minimum atomic E-state index is -3.65. The normalized spacial score (nSPS) is 35.2. The van der Waals surface area contributed by atoms with Crippen molar-refractivity contribution in [2.24, 2.45) is 33.4 Å². The van der Waals surface area contributed by atoms with Crippen LogP contribution in [0.4, 0.5) is 5.69 Å². The van der Waals surface area contributed by atoms with E-state index in [0.29, 0.717) is 5.41 Å². The van der Waals surface area contributed by atoms with Gasteiger partial charge in [-0.2, -0.15) is 5.10 Å². The molecule has 0 atom stereocenters. The highest BCUT2D eigenvalue weighted by molar-refractivity contribution is 7.89. The summed E-state index contributed by atoms with van der Waals surface area (Å²) in [6, 6.07) is 6.42. The van der Waals surface area contributed by atoms with E-state index in [1.165, 1.54) is 56.4 Å². The summed E-state index contributed by atoms with van der Waals surface area (Å²) in [5, 5.41) is 9.78. The first-order chi connectivity index (χ1) is 11.3. The number of rotatable bonds is 4. The Kier molecular flexibility index (Phi) is 3.73. The highest BCUT2D eigenvalue weighted by Gasteiger charge is 2.52. The fourth-order valence-corrected chi connectivity index (χ4v) is 6.06. The quantitative estimate of drug-likeness (QED) is 0.647. The van der Waals surface area contributed by atoms with Crippen LogP contribution in [-0.4, -0.2) is 14.1 Å². The first kappa shape index (κ1) is 16.1. The Hall–Kier alpha value is -1.40. The number of hydrogen-bond donors (Lipinski definition) is 2. The third kappa shape index (κ3) is 2.86. The molecule has 5 rings (SSSR count). The van der Waals surface area contributed by atoms with E-state index in [9.17, 15) is 8.42 Å². The van der Waals surface area contributed by atoms with Gasteiger partial charge in [-0.05, 0) is 87.5 Å². The molecule has 130 valence electrons. The van der Waals surface area contributed by atoms with Gasteiger partial charge in [-0.3, -0.25) is 5.43 Å². The van der Waals surface area contributed by atoms with Crippen molar-refractivity contribution >= 4 is 21.4 Å².